The molecule has 1 aliphatic rings. The molecule has 2 atom stereocenters. The molecule has 1 amide bonds. The Labute approximate surface area is 105 Å². The molecule has 0 aliphatic heterocycles. The first kappa shape index (κ1) is 12.6. The molecule has 18 heavy (non-hydrogen) atoms. The highest BCUT2D eigenvalue weighted by molar-refractivity contribution is 5.91. The molecular formula is C12H17N3O3. The number of carboxylic acids is 1. The molecule has 1 aliphatic carbocycles. The first-order valence-corrected chi connectivity index (χ1v) is 5.83. The maximum absolute atomic E-state index is 11.9. The van der Waals surface area contributed by atoms with Crippen molar-refractivity contribution >= 4 is 11.9 Å². The minimum atomic E-state index is -0.905. The highest BCUT2D eigenvalue weighted by Crippen LogP contribution is 2.58. The number of hydrogen-bond acceptors (Lipinski definition) is 3. The smallest absolute Gasteiger partial charge is 0.307 e. The number of carbonyl (C=O) groups excluding carboxylic acids is 1. The first-order valence-electron chi connectivity index (χ1n) is 5.83. The van der Waals surface area contributed by atoms with E-state index in [9.17, 15) is 9.59 Å². The van der Waals surface area contributed by atoms with E-state index >= 15 is 0 Å². The number of hydrogen-bond donors (Lipinski definition) is 2. The molecule has 0 unspecified atom stereocenters. The summed E-state index contributed by atoms with van der Waals surface area (Å²) in [6.07, 6.45) is 1.79. The Bertz CT molecular complexity index is 493. The molecule has 0 saturated heterocycles. The van der Waals surface area contributed by atoms with Gasteiger partial charge in [-0.05, 0) is 11.5 Å². The lowest BCUT2D eigenvalue weighted by Gasteiger charge is -2.04. The lowest BCUT2D eigenvalue weighted by Crippen LogP contribution is -2.27. The van der Waals surface area contributed by atoms with Crippen molar-refractivity contribution in [3.05, 3.63) is 18.0 Å². The van der Waals surface area contributed by atoms with Crippen molar-refractivity contribution in [1.29, 1.82) is 0 Å². The minimum absolute atomic E-state index is 0.210. The number of rotatable bonds is 4. The number of carbonyl (C=O) groups is 2. The summed E-state index contributed by atoms with van der Waals surface area (Å²) in [7, 11) is 1.80. The summed E-state index contributed by atoms with van der Waals surface area (Å²) in [5.74, 6) is -2.14. The van der Waals surface area contributed by atoms with Gasteiger partial charge in [-0.25, -0.2) is 0 Å². The van der Waals surface area contributed by atoms with Crippen molar-refractivity contribution in [3.8, 4) is 0 Å². The summed E-state index contributed by atoms with van der Waals surface area (Å²) in [6, 6.07) is 1.81. The highest BCUT2D eigenvalue weighted by atomic mass is 16.4. The van der Waals surface area contributed by atoms with Crippen LogP contribution in [0.25, 0.3) is 0 Å². The molecule has 6 nitrogen and oxygen atoms in total. The molecule has 1 aromatic heterocycles. The molecule has 0 bridgehead atoms. The topological polar surface area (TPSA) is 84.2 Å². The largest absolute Gasteiger partial charge is 0.481 e. The summed E-state index contributed by atoms with van der Waals surface area (Å²) in [5.41, 5.74) is 0.302. The van der Waals surface area contributed by atoms with Gasteiger partial charge in [0.15, 0.2) is 0 Å². The molecule has 0 aromatic carbocycles. The summed E-state index contributed by atoms with van der Waals surface area (Å²) >= 11 is 0. The van der Waals surface area contributed by atoms with Crippen LogP contribution in [0.3, 0.4) is 0 Å². The van der Waals surface area contributed by atoms with Gasteiger partial charge in [-0.1, -0.05) is 13.8 Å². The normalized spacial score (nSPS) is 24.6. The van der Waals surface area contributed by atoms with Crippen LogP contribution < -0.4 is 5.32 Å². The molecule has 0 radical (unpaired) electrons. The highest BCUT2D eigenvalue weighted by Gasteiger charge is 2.65. The minimum Gasteiger partial charge on any atom is -0.481 e. The molecule has 2 N–H and O–H groups in total. The third-order valence-corrected chi connectivity index (χ3v) is 3.59. The van der Waals surface area contributed by atoms with Crippen LogP contribution in [-0.2, 0) is 23.2 Å². The van der Waals surface area contributed by atoms with Crippen molar-refractivity contribution in [2.75, 3.05) is 0 Å². The Kier molecular flexibility index (Phi) is 2.88. The van der Waals surface area contributed by atoms with Crippen LogP contribution in [-0.4, -0.2) is 26.8 Å². The van der Waals surface area contributed by atoms with Crippen molar-refractivity contribution in [1.82, 2.24) is 15.1 Å². The van der Waals surface area contributed by atoms with Gasteiger partial charge in [0.05, 0.1) is 24.1 Å². The lowest BCUT2D eigenvalue weighted by atomic mass is 10.1. The van der Waals surface area contributed by atoms with Gasteiger partial charge in [0.2, 0.25) is 5.91 Å². The Morgan fingerprint density at radius 3 is 2.61 bits per heavy atom. The van der Waals surface area contributed by atoms with Crippen molar-refractivity contribution < 1.29 is 14.7 Å². The van der Waals surface area contributed by atoms with E-state index in [2.05, 4.69) is 10.4 Å². The van der Waals surface area contributed by atoms with Crippen LogP contribution in [0.15, 0.2) is 12.3 Å². The number of amides is 1. The molecular weight excluding hydrogens is 234 g/mol. The SMILES string of the molecule is Cn1ccc(CNC(=O)[C@H]2[C@@H](C(=O)O)C2(C)C)n1. The van der Waals surface area contributed by atoms with Gasteiger partial charge in [-0.2, -0.15) is 5.10 Å². The maximum atomic E-state index is 11.9. The van der Waals surface area contributed by atoms with Crippen LogP contribution >= 0.6 is 0 Å². The van der Waals surface area contributed by atoms with Gasteiger partial charge in [0, 0.05) is 13.2 Å². The Balaban J connectivity index is 1.92. The number of carboxylic acid groups (broad SMARTS) is 1. The molecule has 6 heteroatoms. The second kappa shape index (κ2) is 4.12. The van der Waals surface area contributed by atoms with E-state index in [0.717, 1.165) is 5.69 Å². The monoisotopic (exact) mass is 251 g/mol. The van der Waals surface area contributed by atoms with E-state index in [-0.39, 0.29) is 5.91 Å². The van der Waals surface area contributed by atoms with Crippen LogP contribution in [0.4, 0.5) is 0 Å². The van der Waals surface area contributed by atoms with E-state index < -0.39 is 23.2 Å². The van der Waals surface area contributed by atoms with E-state index in [0.29, 0.717) is 6.54 Å². The number of nitrogens with zero attached hydrogens (tertiary/aromatic N) is 2. The number of nitrogens with one attached hydrogen (secondary N) is 1. The van der Waals surface area contributed by atoms with E-state index in [1.807, 2.05) is 6.07 Å². The van der Waals surface area contributed by atoms with Gasteiger partial charge in [0.25, 0.3) is 0 Å². The zero-order chi connectivity index (χ0) is 13.5. The summed E-state index contributed by atoms with van der Waals surface area (Å²) in [6.45, 7) is 3.94. The van der Waals surface area contributed by atoms with Crippen LogP contribution in [0.2, 0.25) is 0 Å². The molecule has 1 saturated carbocycles. The maximum Gasteiger partial charge on any atom is 0.307 e. The number of aromatic nitrogens is 2. The zero-order valence-electron chi connectivity index (χ0n) is 10.7. The van der Waals surface area contributed by atoms with Gasteiger partial charge in [-0.15, -0.1) is 0 Å². The van der Waals surface area contributed by atoms with Crippen LogP contribution in [0.1, 0.15) is 19.5 Å². The summed E-state index contributed by atoms with van der Waals surface area (Å²) in [4.78, 5) is 22.9. The van der Waals surface area contributed by atoms with Crippen molar-refractivity contribution in [3.63, 3.8) is 0 Å². The van der Waals surface area contributed by atoms with E-state index in [1.54, 1.807) is 31.8 Å². The lowest BCUT2D eigenvalue weighted by molar-refractivity contribution is -0.140. The first-order chi connectivity index (χ1) is 8.34. The Morgan fingerprint density at radius 1 is 1.50 bits per heavy atom. The number of aryl methyl sites for hydroxylation is 1. The molecule has 0 spiro atoms. The van der Waals surface area contributed by atoms with Gasteiger partial charge in [0.1, 0.15) is 0 Å². The van der Waals surface area contributed by atoms with Gasteiger partial charge < -0.3 is 10.4 Å². The fourth-order valence-corrected chi connectivity index (χ4v) is 2.43. The van der Waals surface area contributed by atoms with Crippen molar-refractivity contribution in [2.45, 2.75) is 20.4 Å². The second-order valence-corrected chi connectivity index (χ2v) is 5.31. The second-order valence-electron chi connectivity index (χ2n) is 5.31. The molecule has 1 heterocycles. The average molecular weight is 251 g/mol. The average Bonchev–Trinajstić information content (AvgIpc) is 2.63. The number of aliphatic carboxylic acids is 1. The predicted octanol–water partition coefficient (Wildman–Crippen LogP) is 0.393. The predicted molar refractivity (Wildman–Crippen MR) is 63.5 cm³/mol. The molecule has 1 aromatic rings. The molecule has 1 fully saturated rings. The fourth-order valence-electron chi connectivity index (χ4n) is 2.43. The standard InChI is InChI=1S/C12H17N3O3/c1-12(2)8(9(12)11(17)18)10(16)13-6-7-4-5-15(3)14-7/h4-5,8-9H,6H2,1-3H3,(H,13,16)(H,17,18)/t8-,9+/m1/s1. The third-order valence-electron chi connectivity index (χ3n) is 3.59. The summed E-state index contributed by atoms with van der Waals surface area (Å²) < 4.78 is 1.66. The van der Waals surface area contributed by atoms with Gasteiger partial charge >= 0.3 is 5.97 Å². The fraction of sp³-hybridized carbons (Fsp3) is 0.583. The van der Waals surface area contributed by atoms with E-state index in [4.69, 9.17) is 5.11 Å². The van der Waals surface area contributed by atoms with E-state index in [1.165, 1.54) is 0 Å². The summed E-state index contributed by atoms with van der Waals surface area (Å²) in [5, 5.41) is 15.9. The zero-order valence-corrected chi connectivity index (χ0v) is 10.7. The Morgan fingerprint density at radius 2 is 2.17 bits per heavy atom. The molecule has 98 valence electrons. The third kappa shape index (κ3) is 2.10. The van der Waals surface area contributed by atoms with Crippen molar-refractivity contribution in [2.24, 2.45) is 24.3 Å². The van der Waals surface area contributed by atoms with Gasteiger partial charge in [-0.3, -0.25) is 14.3 Å². The quantitative estimate of drug-likeness (QED) is 0.811. The van der Waals surface area contributed by atoms with Crippen LogP contribution in [0, 0.1) is 17.3 Å². The Hall–Kier alpha value is -1.85. The molecule has 2 rings (SSSR count). The van der Waals surface area contributed by atoms with Crippen LogP contribution in [0.5, 0.6) is 0 Å².